The van der Waals surface area contributed by atoms with Crippen LogP contribution >= 0.6 is 11.3 Å². The van der Waals surface area contributed by atoms with Crippen molar-refractivity contribution in [2.75, 3.05) is 6.61 Å². The Morgan fingerprint density at radius 1 is 1.50 bits per heavy atom. The molecule has 0 spiro atoms. The Labute approximate surface area is 131 Å². The van der Waals surface area contributed by atoms with Crippen molar-refractivity contribution in [3.05, 3.63) is 47.6 Å². The number of carbonyl (C=O) groups is 1. The van der Waals surface area contributed by atoms with E-state index in [0.29, 0.717) is 12.3 Å². The van der Waals surface area contributed by atoms with Gasteiger partial charge in [0.1, 0.15) is 11.3 Å². The molecule has 6 nitrogen and oxygen atoms in total. The summed E-state index contributed by atoms with van der Waals surface area (Å²) in [6.07, 6.45) is 8.54. The molecule has 0 amide bonds. The summed E-state index contributed by atoms with van der Waals surface area (Å²) in [6, 6.07) is 1.81. The number of furan rings is 1. The van der Waals surface area contributed by atoms with Crippen LogP contribution in [0.15, 0.2) is 40.8 Å². The number of esters is 1. The fourth-order valence-corrected chi connectivity index (χ4v) is 2.78. The SMILES string of the molecule is Cn1cc(CCCOC(=O)c2csc(-c3ccoc3)n2)cn1. The Kier molecular flexibility index (Phi) is 4.34. The second-order valence-electron chi connectivity index (χ2n) is 4.81. The zero-order valence-corrected chi connectivity index (χ0v) is 12.9. The standard InChI is InChI=1S/C15H15N3O3S/c1-18-8-11(7-16-18)3-2-5-21-15(19)13-10-22-14(17-13)12-4-6-20-9-12/h4,6-10H,2-3,5H2,1H3. The maximum atomic E-state index is 11.9. The van der Waals surface area contributed by atoms with E-state index < -0.39 is 5.97 Å². The number of aryl methyl sites for hydroxylation is 2. The fraction of sp³-hybridized carbons (Fsp3) is 0.267. The minimum absolute atomic E-state index is 0.336. The van der Waals surface area contributed by atoms with Gasteiger partial charge < -0.3 is 9.15 Å². The maximum absolute atomic E-state index is 11.9. The van der Waals surface area contributed by atoms with Gasteiger partial charge in [-0.15, -0.1) is 11.3 Å². The Balaban J connectivity index is 1.48. The summed E-state index contributed by atoms with van der Waals surface area (Å²) in [4.78, 5) is 16.2. The molecule has 7 heteroatoms. The lowest BCUT2D eigenvalue weighted by Gasteiger charge is -2.01. The van der Waals surface area contributed by atoms with E-state index in [0.717, 1.165) is 29.0 Å². The normalized spacial score (nSPS) is 10.8. The summed E-state index contributed by atoms with van der Waals surface area (Å²) in [5.41, 5.74) is 2.33. The van der Waals surface area contributed by atoms with Crippen molar-refractivity contribution >= 4 is 17.3 Å². The summed E-state index contributed by atoms with van der Waals surface area (Å²) in [7, 11) is 1.88. The molecule has 0 unspecified atom stereocenters. The molecule has 0 fully saturated rings. The average Bonchev–Trinajstić information content (AvgIpc) is 3.23. The highest BCUT2D eigenvalue weighted by Gasteiger charge is 2.13. The number of ether oxygens (including phenoxy) is 1. The first-order valence-corrected chi connectivity index (χ1v) is 7.73. The largest absolute Gasteiger partial charge is 0.472 e. The second kappa shape index (κ2) is 6.57. The summed E-state index contributed by atoms with van der Waals surface area (Å²) in [5, 5.41) is 6.54. The number of rotatable bonds is 6. The van der Waals surface area contributed by atoms with Crippen LogP contribution in [-0.4, -0.2) is 27.3 Å². The number of hydrogen-bond donors (Lipinski definition) is 0. The zero-order chi connectivity index (χ0) is 15.4. The fourth-order valence-electron chi connectivity index (χ4n) is 2.00. The van der Waals surface area contributed by atoms with Gasteiger partial charge in [-0.25, -0.2) is 9.78 Å². The summed E-state index contributed by atoms with van der Waals surface area (Å²) < 4.78 is 12.0. The number of nitrogens with zero attached hydrogens (tertiary/aromatic N) is 3. The Morgan fingerprint density at radius 3 is 3.14 bits per heavy atom. The van der Waals surface area contributed by atoms with E-state index in [1.807, 2.05) is 25.5 Å². The van der Waals surface area contributed by atoms with Crippen LogP contribution < -0.4 is 0 Å². The van der Waals surface area contributed by atoms with Crippen molar-refractivity contribution in [3.63, 3.8) is 0 Å². The van der Waals surface area contributed by atoms with Crippen LogP contribution in [0.2, 0.25) is 0 Å². The van der Waals surface area contributed by atoms with Gasteiger partial charge in [-0.2, -0.15) is 5.10 Å². The molecule has 3 heterocycles. The summed E-state index contributed by atoms with van der Waals surface area (Å²) in [5.74, 6) is -0.391. The first kappa shape index (κ1) is 14.5. The van der Waals surface area contributed by atoms with Crippen molar-refractivity contribution in [1.29, 1.82) is 0 Å². The quantitative estimate of drug-likeness (QED) is 0.516. The van der Waals surface area contributed by atoms with Gasteiger partial charge in [0.2, 0.25) is 0 Å². The predicted molar refractivity (Wildman–Crippen MR) is 81.6 cm³/mol. The molecule has 0 radical (unpaired) electrons. The van der Waals surface area contributed by atoms with Gasteiger partial charge in [0.05, 0.1) is 19.1 Å². The van der Waals surface area contributed by atoms with Gasteiger partial charge in [-0.05, 0) is 24.5 Å². The van der Waals surface area contributed by atoms with Gasteiger partial charge in [0, 0.05) is 24.2 Å². The van der Waals surface area contributed by atoms with Gasteiger partial charge >= 0.3 is 5.97 Å². The third-order valence-corrected chi connectivity index (χ3v) is 3.97. The third kappa shape index (κ3) is 3.43. The molecular weight excluding hydrogens is 302 g/mol. The molecule has 0 saturated heterocycles. The second-order valence-corrected chi connectivity index (χ2v) is 5.67. The summed E-state index contributed by atoms with van der Waals surface area (Å²) in [6.45, 7) is 0.367. The molecule has 0 atom stereocenters. The molecule has 0 N–H and O–H groups in total. The van der Waals surface area contributed by atoms with Crippen LogP contribution in [0, 0.1) is 0 Å². The lowest BCUT2D eigenvalue weighted by molar-refractivity contribution is 0.0495. The molecule has 22 heavy (non-hydrogen) atoms. The number of carbonyl (C=O) groups excluding carboxylic acids is 1. The highest BCUT2D eigenvalue weighted by atomic mass is 32.1. The van der Waals surface area contributed by atoms with Crippen LogP contribution in [0.3, 0.4) is 0 Å². The van der Waals surface area contributed by atoms with Crippen molar-refractivity contribution < 1.29 is 13.9 Å². The minimum atomic E-state index is -0.391. The number of thiazole rings is 1. The molecule has 0 bridgehead atoms. The molecule has 3 aromatic rings. The Bertz CT molecular complexity index is 746. The predicted octanol–water partition coefficient (Wildman–Crippen LogP) is 2.93. The third-order valence-electron chi connectivity index (χ3n) is 3.08. The molecule has 0 saturated carbocycles. The van der Waals surface area contributed by atoms with Crippen molar-refractivity contribution in [2.45, 2.75) is 12.8 Å². The van der Waals surface area contributed by atoms with Gasteiger partial charge in [-0.3, -0.25) is 4.68 Å². The average molecular weight is 317 g/mol. The lowest BCUT2D eigenvalue weighted by Crippen LogP contribution is -2.07. The maximum Gasteiger partial charge on any atom is 0.357 e. The number of hydrogen-bond acceptors (Lipinski definition) is 6. The van der Waals surface area contributed by atoms with Crippen LogP contribution in [0.5, 0.6) is 0 Å². The number of aromatic nitrogens is 3. The molecule has 0 aliphatic rings. The topological polar surface area (TPSA) is 70.2 Å². The smallest absolute Gasteiger partial charge is 0.357 e. The monoisotopic (exact) mass is 317 g/mol. The molecule has 3 aromatic heterocycles. The summed E-state index contributed by atoms with van der Waals surface area (Å²) >= 11 is 1.39. The van der Waals surface area contributed by atoms with E-state index in [4.69, 9.17) is 9.15 Å². The van der Waals surface area contributed by atoms with E-state index >= 15 is 0 Å². The lowest BCUT2D eigenvalue weighted by atomic mass is 10.2. The Morgan fingerprint density at radius 2 is 2.41 bits per heavy atom. The van der Waals surface area contributed by atoms with Gasteiger partial charge in [0.15, 0.2) is 5.69 Å². The van der Waals surface area contributed by atoms with Crippen LogP contribution in [-0.2, 0) is 18.2 Å². The van der Waals surface area contributed by atoms with Crippen LogP contribution in [0.4, 0.5) is 0 Å². The minimum Gasteiger partial charge on any atom is -0.472 e. The zero-order valence-electron chi connectivity index (χ0n) is 12.1. The molecule has 114 valence electrons. The first-order valence-electron chi connectivity index (χ1n) is 6.85. The van der Waals surface area contributed by atoms with E-state index in [-0.39, 0.29) is 0 Å². The molecule has 3 rings (SSSR count). The van der Waals surface area contributed by atoms with E-state index in [9.17, 15) is 4.79 Å². The van der Waals surface area contributed by atoms with Crippen molar-refractivity contribution in [1.82, 2.24) is 14.8 Å². The van der Waals surface area contributed by atoms with Crippen LogP contribution in [0.25, 0.3) is 10.6 Å². The molecule has 0 aliphatic carbocycles. The van der Waals surface area contributed by atoms with Crippen molar-refractivity contribution in [2.24, 2.45) is 7.05 Å². The molecule has 0 aliphatic heterocycles. The van der Waals surface area contributed by atoms with Crippen LogP contribution in [0.1, 0.15) is 22.5 Å². The first-order chi connectivity index (χ1) is 10.7. The van der Waals surface area contributed by atoms with E-state index in [2.05, 4.69) is 10.1 Å². The van der Waals surface area contributed by atoms with E-state index in [1.165, 1.54) is 11.3 Å². The molecular formula is C15H15N3O3S. The van der Waals surface area contributed by atoms with Crippen molar-refractivity contribution in [3.8, 4) is 10.6 Å². The highest BCUT2D eigenvalue weighted by molar-refractivity contribution is 7.13. The van der Waals surface area contributed by atoms with Gasteiger partial charge in [-0.1, -0.05) is 0 Å². The molecule has 0 aromatic carbocycles. The Hall–Kier alpha value is -2.41. The van der Waals surface area contributed by atoms with E-state index in [1.54, 1.807) is 22.6 Å². The highest BCUT2D eigenvalue weighted by Crippen LogP contribution is 2.24. The van der Waals surface area contributed by atoms with Gasteiger partial charge in [0.25, 0.3) is 0 Å².